The van der Waals surface area contributed by atoms with E-state index in [1.807, 2.05) is 39.0 Å². The van der Waals surface area contributed by atoms with E-state index in [0.717, 1.165) is 23.4 Å². The van der Waals surface area contributed by atoms with Gasteiger partial charge in [0.25, 0.3) is 0 Å². The van der Waals surface area contributed by atoms with Gasteiger partial charge in [0.05, 0.1) is 6.54 Å². The van der Waals surface area contributed by atoms with Crippen molar-refractivity contribution in [1.82, 2.24) is 4.90 Å². The van der Waals surface area contributed by atoms with Crippen LogP contribution in [0.3, 0.4) is 0 Å². The highest BCUT2D eigenvalue weighted by molar-refractivity contribution is 5.77. The number of nitrogens with one attached hydrogen (secondary N) is 1. The van der Waals surface area contributed by atoms with E-state index in [1.54, 1.807) is 46.4 Å². The Morgan fingerprint density at radius 1 is 0.718 bits per heavy atom. The van der Waals surface area contributed by atoms with E-state index in [0.29, 0.717) is 13.1 Å². The number of benzene rings is 2. The lowest BCUT2D eigenvalue weighted by molar-refractivity contribution is -0.0294. The molecule has 0 bridgehead atoms. The lowest BCUT2D eigenvalue weighted by Gasteiger charge is -2.26. The van der Waals surface area contributed by atoms with Gasteiger partial charge in [0, 0.05) is 18.8 Å². The van der Waals surface area contributed by atoms with Crippen LogP contribution in [0.25, 0.3) is 11.1 Å². The molecule has 39 heavy (non-hydrogen) atoms. The van der Waals surface area contributed by atoms with E-state index in [1.165, 1.54) is 5.56 Å². The highest BCUT2D eigenvalue weighted by atomic mass is 16.8. The van der Waals surface area contributed by atoms with Gasteiger partial charge in [-0.15, -0.1) is 0 Å². The van der Waals surface area contributed by atoms with Gasteiger partial charge in [-0.3, -0.25) is 0 Å². The Bertz CT molecular complexity index is 1100. The zero-order valence-corrected chi connectivity index (χ0v) is 24.5. The predicted molar refractivity (Wildman–Crippen MR) is 151 cm³/mol. The summed E-state index contributed by atoms with van der Waals surface area (Å²) in [6.07, 6.45) is -2.38. The van der Waals surface area contributed by atoms with E-state index < -0.39 is 29.1 Å². The molecule has 0 radical (unpaired) electrons. The fourth-order valence-electron chi connectivity index (χ4n) is 3.41. The van der Waals surface area contributed by atoms with Crippen LogP contribution >= 0.6 is 0 Å². The van der Waals surface area contributed by atoms with Gasteiger partial charge in [0.1, 0.15) is 16.8 Å². The van der Waals surface area contributed by atoms with Crippen molar-refractivity contribution in [3.8, 4) is 11.1 Å². The summed E-state index contributed by atoms with van der Waals surface area (Å²) in [5.74, 6) is 0. The summed E-state index contributed by atoms with van der Waals surface area (Å²) in [7, 11) is 0. The topological polar surface area (TPSA) is 103 Å². The van der Waals surface area contributed by atoms with Crippen molar-refractivity contribution < 1.29 is 33.3 Å². The molecule has 214 valence electrons. The third-order valence-electron chi connectivity index (χ3n) is 4.87. The monoisotopic (exact) mass is 542 g/mol. The van der Waals surface area contributed by atoms with Crippen LogP contribution in [0.15, 0.2) is 48.5 Å². The predicted octanol–water partition coefficient (Wildman–Crippen LogP) is 7.39. The first kappa shape index (κ1) is 31.5. The second-order valence-electron chi connectivity index (χ2n) is 12.1. The van der Waals surface area contributed by atoms with E-state index in [4.69, 9.17) is 14.2 Å². The van der Waals surface area contributed by atoms with Crippen molar-refractivity contribution in [3.63, 3.8) is 0 Å². The summed E-state index contributed by atoms with van der Waals surface area (Å²) in [4.78, 5) is 36.2. The summed E-state index contributed by atoms with van der Waals surface area (Å²) in [5, 5.41) is 3.40. The number of hydrogen-bond donors (Lipinski definition) is 1. The first-order chi connectivity index (χ1) is 17.9. The van der Waals surface area contributed by atoms with Crippen molar-refractivity contribution >= 4 is 24.1 Å². The second-order valence-corrected chi connectivity index (χ2v) is 12.1. The summed E-state index contributed by atoms with van der Waals surface area (Å²) in [6, 6.07) is 16.6. The zero-order chi connectivity index (χ0) is 29.4. The minimum atomic E-state index is -1.06. The van der Waals surface area contributed by atoms with Gasteiger partial charge in [0.15, 0.2) is 0 Å². The second kappa shape index (κ2) is 12.9. The standard InChI is InChI=1S/C20H24N2O2.C10H18O5/c1-20(2,3)24-19(23)22-12-11-21-18-10-9-16(13-17(18)14-22)15-7-5-4-6-8-15;1-9(2,3)14-7(11)13-8(12)15-10(4,5)6/h4-10,13,21H,11-12,14H2,1-3H3;1-6H3. The maximum absolute atomic E-state index is 12.4. The molecule has 1 heterocycles. The molecule has 9 heteroatoms. The molecule has 0 aromatic heterocycles. The van der Waals surface area contributed by atoms with Crippen molar-refractivity contribution in [2.24, 2.45) is 0 Å². The number of fused-ring (bicyclic) bond motifs is 1. The van der Waals surface area contributed by atoms with Crippen LogP contribution in [-0.4, -0.2) is 53.2 Å². The first-order valence-electron chi connectivity index (χ1n) is 13.0. The Morgan fingerprint density at radius 2 is 1.26 bits per heavy atom. The number of ether oxygens (including phenoxy) is 4. The number of rotatable bonds is 1. The van der Waals surface area contributed by atoms with Crippen LogP contribution in [0.4, 0.5) is 20.1 Å². The van der Waals surface area contributed by atoms with Crippen molar-refractivity contribution in [2.45, 2.75) is 85.7 Å². The number of anilines is 1. The van der Waals surface area contributed by atoms with Crippen LogP contribution in [0.1, 0.15) is 67.9 Å². The molecule has 3 rings (SSSR count). The summed E-state index contributed by atoms with van der Waals surface area (Å²) in [5.41, 5.74) is 2.65. The maximum atomic E-state index is 12.4. The van der Waals surface area contributed by atoms with E-state index in [-0.39, 0.29) is 6.09 Å². The molecular weight excluding hydrogens is 500 g/mol. The molecule has 0 saturated heterocycles. The number of carbonyl (C=O) groups excluding carboxylic acids is 3. The molecule has 0 aliphatic carbocycles. The average molecular weight is 543 g/mol. The van der Waals surface area contributed by atoms with E-state index in [2.05, 4.69) is 40.4 Å². The van der Waals surface area contributed by atoms with Gasteiger partial charge in [0.2, 0.25) is 0 Å². The molecule has 0 unspecified atom stereocenters. The highest BCUT2D eigenvalue weighted by Crippen LogP contribution is 2.28. The highest BCUT2D eigenvalue weighted by Gasteiger charge is 2.25. The molecule has 1 amide bonds. The fourth-order valence-corrected chi connectivity index (χ4v) is 3.41. The smallest absolute Gasteiger partial charge is 0.444 e. The van der Waals surface area contributed by atoms with Crippen LogP contribution < -0.4 is 5.32 Å². The third kappa shape index (κ3) is 12.1. The molecule has 0 fully saturated rings. The molecule has 2 aromatic rings. The molecule has 0 atom stereocenters. The third-order valence-corrected chi connectivity index (χ3v) is 4.87. The van der Waals surface area contributed by atoms with Gasteiger partial charge in [-0.1, -0.05) is 36.4 Å². The number of carbonyl (C=O) groups is 3. The Labute approximate surface area is 231 Å². The van der Waals surface area contributed by atoms with Crippen LogP contribution in [0, 0.1) is 0 Å². The van der Waals surface area contributed by atoms with Gasteiger partial charge in [-0.2, -0.15) is 0 Å². The lowest BCUT2D eigenvalue weighted by Crippen LogP contribution is -2.37. The van der Waals surface area contributed by atoms with Crippen LogP contribution in [0.2, 0.25) is 0 Å². The van der Waals surface area contributed by atoms with Gasteiger partial charge >= 0.3 is 18.4 Å². The van der Waals surface area contributed by atoms with Crippen molar-refractivity contribution in [2.75, 3.05) is 18.4 Å². The summed E-state index contributed by atoms with van der Waals surface area (Å²) >= 11 is 0. The number of nitrogens with zero attached hydrogens (tertiary/aromatic N) is 1. The van der Waals surface area contributed by atoms with Gasteiger partial charge in [-0.25, -0.2) is 14.4 Å². The largest absolute Gasteiger partial charge is 0.519 e. The average Bonchev–Trinajstić information content (AvgIpc) is 2.98. The molecule has 1 N–H and O–H groups in total. The van der Waals surface area contributed by atoms with E-state index >= 15 is 0 Å². The van der Waals surface area contributed by atoms with Crippen molar-refractivity contribution in [1.29, 1.82) is 0 Å². The first-order valence-corrected chi connectivity index (χ1v) is 13.0. The molecule has 1 aliphatic heterocycles. The molecule has 0 saturated carbocycles. The number of hydrogen-bond acceptors (Lipinski definition) is 8. The fraction of sp³-hybridized carbons (Fsp3) is 0.500. The molecule has 9 nitrogen and oxygen atoms in total. The quantitative estimate of drug-likeness (QED) is 0.226. The Balaban J connectivity index is 0.000000309. The minimum absolute atomic E-state index is 0.262. The van der Waals surface area contributed by atoms with E-state index in [9.17, 15) is 14.4 Å². The molecule has 2 aromatic carbocycles. The van der Waals surface area contributed by atoms with Crippen LogP contribution in [-0.2, 0) is 25.5 Å². The number of amides is 1. The van der Waals surface area contributed by atoms with Crippen LogP contribution in [0.5, 0.6) is 0 Å². The lowest BCUT2D eigenvalue weighted by atomic mass is 10.0. The summed E-state index contributed by atoms with van der Waals surface area (Å²) < 4.78 is 19.3. The Hall–Kier alpha value is -3.75. The molecular formula is C30H42N2O7. The SMILES string of the molecule is CC(C)(C)OC(=O)N1CCNc2ccc(-c3ccccc3)cc2C1.CC(C)(C)OC(=O)OC(=O)OC(C)(C)C. The molecule has 1 aliphatic rings. The zero-order valence-electron chi connectivity index (χ0n) is 24.5. The van der Waals surface area contributed by atoms with Gasteiger partial charge in [-0.05, 0) is 91.1 Å². The maximum Gasteiger partial charge on any atom is 0.519 e. The Kier molecular flexibility index (Phi) is 10.4. The Morgan fingerprint density at radius 3 is 1.77 bits per heavy atom. The summed E-state index contributed by atoms with van der Waals surface area (Å²) in [6.45, 7) is 17.6. The van der Waals surface area contributed by atoms with Crippen molar-refractivity contribution in [3.05, 3.63) is 54.1 Å². The van der Waals surface area contributed by atoms with Gasteiger partial charge < -0.3 is 29.2 Å². The molecule has 0 spiro atoms. The normalized spacial score (nSPS) is 13.4. The minimum Gasteiger partial charge on any atom is -0.444 e.